The average molecular weight is 393 g/mol. The summed E-state index contributed by atoms with van der Waals surface area (Å²) in [6.07, 6.45) is 1.79. The minimum Gasteiger partial charge on any atom is -0.352 e. The van der Waals surface area contributed by atoms with E-state index in [4.69, 9.17) is 0 Å². The Kier molecular flexibility index (Phi) is 6.65. The van der Waals surface area contributed by atoms with Crippen LogP contribution in [0.15, 0.2) is 48.5 Å². The number of nitrogens with zero attached hydrogens (tertiary/aromatic N) is 1. The van der Waals surface area contributed by atoms with E-state index in [1.54, 1.807) is 4.90 Å². The third-order valence-electron chi connectivity index (χ3n) is 4.92. The SMILES string of the molecule is CC(C)C(=O)Nc1ccc(CNC(=O)Cc2ccc(N3CCCC3=O)cc2)cc1. The number of carbonyl (C=O) groups is 3. The summed E-state index contributed by atoms with van der Waals surface area (Å²) in [5.41, 5.74) is 3.50. The standard InChI is InChI=1S/C23H27N3O3/c1-16(2)23(29)25-19-9-5-18(6-10-19)15-24-21(27)14-17-7-11-20(12-8-17)26-13-3-4-22(26)28/h5-12,16H,3-4,13-15H2,1-2H3,(H,24,27)(H,25,29). The van der Waals surface area contributed by atoms with Crippen molar-refractivity contribution >= 4 is 29.1 Å². The van der Waals surface area contributed by atoms with Crippen molar-refractivity contribution in [2.45, 2.75) is 39.7 Å². The van der Waals surface area contributed by atoms with Crippen molar-refractivity contribution in [2.24, 2.45) is 5.92 Å². The number of rotatable bonds is 7. The second-order valence-corrected chi connectivity index (χ2v) is 7.61. The van der Waals surface area contributed by atoms with Crippen LogP contribution in [0.2, 0.25) is 0 Å². The van der Waals surface area contributed by atoms with E-state index in [0.717, 1.165) is 35.5 Å². The van der Waals surface area contributed by atoms with Crippen LogP contribution < -0.4 is 15.5 Å². The Hall–Kier alpha value is -3.15. The highest BCUT2D eigenvalue weighted by Crippen LogP contribution is 2.21. The molecule has 0 atom stereocenters. The van der Waals surface area contributed by atoms with Gasteiger partial charge in [-0.3, -0.25) is 14.4 Å². The molecular formula is C23H27N3O3. The van der Waals surface area contributed by atoms with Crippen LogP contribution in [0, 0.1) is 5.92 Å². The second-order valence-electron chi connectivity index (χ2n) is 7.61. The van der Waals surface area contributed by atoms with Crippen LogP contribution in [0.3, 0.4) is 0 Å². The van der Waals surface area contributed by atoms with Crippen molar-refractivity contribution in [2.75, 3.05) is 16.8 Å². The average Bonchev–Trinajstić information content (AvgIpc) is 3.14. The van der Waals surface area contributed by atoms with Crippen LogP contribution in [0.4, 0.5) is 11.4 Å². The number of hydrogen-bond donors (Lipinski definition) is 2. The molecule has 0 saturated carbocycles. The molecule has 1 fully saturated rings. The third kappa shape index (κ3) is 5.67. The first kappa shape index (κ1) is 20.6. The van der Waals surface area contributed by atoms with Gasteiger partial charge in [-0.1, -0.05) is 38.1 Å². The van der Waals surface area contributed by atoms with Gasteiger partial charge in [0, 0.05) is 36.8 Å². The number of carbonyl (C=O) groups excluding carboxylic acids is 3. The van der Waals surface area contributed by atoms with E-state index in [-0.39, 0.29) is 30.1 Å². The Morgan fingerprint density at radius 2 is 1.66 bits per heavy atom. The lowest BCUT2D eigenvalue weighted by Crippen LogP contribution is -2.25. The monoisotopic (exact) mass is 393 g/mol. The van der Waals surface area contributed by atoms with E-state index in [0.29, 0.717) is 13.0 Å². The predicted octanol–water partition coefficient (Wildman–Crippen LogP) is 3.27. The summed E-state index contributed by atoms with van der Waals surface area (Å²) in [5.74, 6) is 0.00232. The van der Waals surface area contributed by atoms with Crippen LogP contribution in [0.25, 0.3) is 0 Å². The first-order chi connectivity index (χ1) is 13.9. The third-order valence-corrected chi connectivity index (χ3v) is 4.92. The van der Waals surface area contributed by atoms with E-state index < -0.39 is 0 Å². The summed E-state index contributed by atoms with van der Waals surface area (Å²) < 4.78 is 0. The molecule has 0 bridgehead atoms. The molecule has 1 aliphatic rings. The minimum absolute atomic E-state index is 0.0221. The van der Waals surface area contributed by atoms with Gasteiger partial charge in [-0.15, -0.1) is 0 Å². The fourth-order valence-corrected chi connectivity index (χ4v) is 3.16. The number of anilines is 2. The second kappa shape index (κ2) is 9.37. The van der Waals surface area contributed by atoms with Gasteiger partial charge in [-0.2, -0.15) is 0 Å². The number of nitrogens with one attached hydrogen (secondary N) is 2. The summed E-state index contributed by atoms with van der Waals surface area (Å²) in [7, 11) is 0. The molecule has 2 aromatic carbocycles. The van der Waals surface area contributed by atoms with Crippen LogP contribution in [-0.4, -0.2) is 24.3 Å². The Morgan fingerprint density at radius 1 is 1.00 bits per heavy atom. The molecule has 2 aromatic rings. The number of benzene rings is 2. The number of hydrogen-bond acceptors (Lipinski definition) is 3. The van der Waals surface area contributed by atoms with Crippen molar-refractivity contribution < 1.29 is 14.4 Å². The van der Waals surface area contributed by atoms with Crippen molar-refractivity contribution in [1.29, 1.82) is 0 Å². The topological polar surface area (TPSA) is 78.5 Å². The summed E-state index contributed by atoms with van der Waals surface area (Å²) in [4.78, 5) is 37.5. The summed E-state index contributed by atoms with van der Waals surface area (Å²) in [5, 5.41) is 5.75. The molecule has 6 heteroatoms. The van der Waals surface area contributed by atoms with Crippen molar-refractivity contribution in [1.82, 2.24) is 5.32 Å². The smallest absolute Gasteiger partial charge is 0.227 e. The quantitative estimate of drug-likeness (QED) is 0.758. The molecule has 3 rings (SSSR count). The van der Waals surface area contributed by atoms with Crippen LogP contribution in [0.1, 0.15) is 37.8 Å². The van der Waals surface area contributed by atoms with Crippen molar-refractivity contribution in [3.8, 4) is 0 Å². The predicted molar refractivity (Wildman–Crippen MR) is 113 cm³/mol. The highest BCUT2D eigenvalue weighted by atomic mass is 16.2. The maximum absolute atomic E-state index is 12.2. The Balaban J connectivity index is 1.47. The molecule has 3 amide bonds. The molecule has 0 aromatic heterocycles. The van der Waals surface area contributed by atoms with Gasteiger partial charge >= 0.3 is 0 Å². The summed E-state index contributed by atoms with van der Waals surface area (Å²) >= 11 is 0. The molecule has 1 saturated heterocycles. The molecule has 0 spiro atoms. The molecule has 0 aliphatic carbocycles. The zero-order chi connectivity index (χ0) is 20.8. The van der Waals surface area contributed by atoms with E-state index in [9.17, 15) is 14.4 Å². The van der Waals surface area contributed by atoms with Gasteiger partial charge in [0.2, 0.25) is 17.7 Å². The first-order valence-corrected chi connectivity index (χ1v) is 9.98. The molecule has 1 heterocycles. The van der Waals surface area contributed by atoms with Gasteiger partial charge in [-0.05, 0) is 41.8 Å². The van der Waals surface area contributed by atoms with Crippen LogP contribution in [-0.2, 0) is 27.3 Å². The van der Waals surface area contributed by atoms with Crippen LogP contribution >= 0.6 is 0 Å². The van der Waals surface area contributed by atoms with E-state index in [1.165, 1.54) is 0 Å². The van der Waals surface area contributed by atoms with E-state index >= 15 is 0 Å². The maximum Gasteiger partial charge on any atom is 0.227 e. The zero-order valence-electron chi connectivity index (χ0n) is 16.9. The Labute approximate surface area is 171 Å². The van der Waals surface area contributed by atoms with Gasteiger partial charge in [0.1, 0.15) is 0 Å². The molecule has 29 heavy (non-hydrogen) atoms. The number of amides is 3. The highest BCUT2D eigenvalue weighted by molar-refractivity contribution is 5.95. The summed E-state index contributed by atoms with van der Waals surface area (Å²) in [6.45, 7) is 4.88. The lowest BCUT2D eigenvalue weighted by Gasteiger charge is -2.15. The zero-order valence-corrected chi connectivity index (χ0v) is 16.9. The lowest BCUT2D eigenvalue weighted by molar-refractivity contribution is -0.121. The summed E-state index contributed by atoms with van der Waals surface area (Å²) in [6, 6.07) is 15.0. The molecule has 2 N–H and O–H groups in total. The van der Waals surface area contributed by atoms with Gasteiger partial charge in [0.05, 0.1) is 6.42 Å². The largest absolute Gasteiger partial charge is 0.352 e. The van der Waals surface area contributed by atoms with Gasteiger partial charge in [-0.25, -0.2) is 0 Å². The normalized spacial score (nSPS) is 13.6. The fraction of sp³-hybridized carbons (Fsp3) is 0.348. The molecule has 6 nitrogen and oxygen atoms in total. The maximum atomic E-state index is 12.2. The van der Waals surface area contributed by atoms with Crippen LogP contribution in [0.5, 0.6) is 0 Å². The Bertz CT molecular complexity index is 873. The van der Waals surface area contributed by atoms with Crippen molar-refractivity contribution in [3.63, 3.8) is 0 Å². The Morgan fingerprint density at radius 3 is 2.24 bits per heavy atom. The fourth-order valence-electron chi connectivity index (χ4n) is 3.16. The first-order valence-electron chi connectivity index (χ1n) is 9.98. The minimum atomic E-state index is -0.0705. The van der Waals surface area contributed by atoms with Gasteiger partial charge in [0.25, 0.3) is 0 Å². The molecule has 0 radical (unpaired) electrons. The van der Waals surface area contributed by atoms with Crippen molar-refractivity contribution in [3.05, 3.63) is 59.7 Å². The highest BCUT2D eigenvalue weighted by Gasteiger charge is 2.21. The van der Waals surface area contributed by atoms with Gasteiger partial charge in [0.15, 0.2) is 0 Å². The molecule has 152 valence electrons. The lowest BCUT2D eigenvalue weighted by atomic mass is 10.1. The molecule has 1 aliphatic heterocycles. The molecular weight excluding hydrogens is 366 g/mol. The van der Waals surface area contributed by atoms with Gasteiger partial charge < -0.3 is 15.5 Å². The van der Waals surface area contributed by atoms with E-state index in [2.05, 4.69) is 10.6 Å². The van der Waals surface area contributed by atoms with E-state index in [1.807, 2.05) is 62.4 Å². The molecule has 0 unspecified atom stereocenters.